The quantitative estimate of drug-likeness (QED) is 0.617. The fourth-order valence-corrected chi connectivity index (χ4v) is 3.37. The molecule has 0 radical (unpaired) electrons. The second-order valence-corrected chi connectivity index (χ2v) is 6.70. The number of nitrogens with zero attached hydrogens (tertiary/aromatic N) is 2. The zero-order valence-corrected chi connectivity index (χ0v) is 15.8. The maximum Gasteiger partial charge on any atom is 0.268 e. The minimum atomic E-state index is -0.608. The third-order valence-corrected chi connectivity index (χ3v) is 4.90. The molecule has 6 nitrogen and oxygen atoms in total. The van der Waals surface area contributed by atoms with Gasteiger partial charge in [-0.15, -0.1) is 0 Å². The number of ether oxygens (including phenoxy) is 1. The van der Waals surface area contributed by atoms with E-state index >= 15 is 0 Å². The molecule has 1 amide bonds. The van der Waals surface area contributed by atoms with Crippen LogP contribution in [0.1, 0.15) is 40.6 Å². The number of furan rings is 1. The SMILES string of the molecule is CCC1Oc2ccc(C(=O)c3ccco3)cc2N(Cc2ccccc2C#N)C1=O. The van der Waals surface area contributed by atoms with E-state index in [-0.39, 0.29) is 24.0 Å². The van der Waals surface area contributed by atoms with Crippen molar-refractivity contribution in [2.75, 3.05) is 4.90 Å². The van der Waals surface area contributed by atoms with Gasteiger partial charge in [-0.1, -0.05) is 25.1 Å². The van der Waals surface area contributed by atoms with Gasteiger partial charge < -0.3 is 14.1 Å². The second-order valence-electron chi connectivity index (χ2n) is 6.70. The van der Waals surface area contributed by atoms with Crippen LogP contribution in [0.15, 0.2) is 65.3 Å². The number of nitriles is 1. The highest BCUT2D eigenvalue weighted by atomic mass is 16.5. The van der Waals surface area contributed by atoms with Crippen LogP contribution in [0.2, 0.25) is 0 Å². The van der Waals surface area contributed by atoms with E-state index < -0.39 is 6.10 Å². The Morgan fingerprint density at radius 3 is 2.72 bits per heavy atom. The molecule has 0 N–H and O–H groups in total. The zero-order valence-electron chi connectivity index (χ0n) is 15.8. The van der Waals surface area contributed by atoms with Crippen molar-refractivity contribution in [1.29, 1.82) is 5.26 Å². The van der Waals surface area contributed by atoms with E-state index in [0.29, 0.717) is 29.0 Å². The maximum absolute atomic E-state index is 13.0. The van der Waals surface area contributed by atoms with Crippen LogP contribution in [-0.4, -0.2) is 17.8 Å². The van der Waals surface area contributed by atoms with Gasteiger partial charge in [0.25, 0.3) is 5.91 Å². The van der Waals surface area contributed by atoms with Crippen molar-refractivity contribution in [3.8, 4) is 11.8 Å². The molecule has 1 aliphatic heterocycles. The van der Waals surface area contributed by atoms with Crippen molar-refractivity contribution in [2.24, 2.45) is 0 Å². The molecule has 29 heavy (non-hydrogen) atoms. The van der Waals surface area contributed by atoms with Crippen molar-refractivity contribution < 1.29 is 18.7 Å². The first kappa shape index (κ1) is 18.5. The molecule has 4 rings (SSSR count). The topological polar surface area (TPSA) is 83.5 Å². The number of rotatable bonds is 5. The molecule has 0 spiro atoms. The molecule has 0 aliphatic carbocycles. The summed E-state index contributed by atoms with van der Waals surface area (Å²) in [6.07, 6.45) is 1.35. The number of amides is 1. The zero-order chi connectivity index (χ0) is 20.4. The van der Waals surface area contributed by atoms with Crippen LogP contribution in [0.25, 0.3) is 0 Å². The van der Waals surface area contributed by atoms with Crippen LogP contribution in [0.5, 0.6) is 5.75 Å². The average Bonchev–Trinajstić information content (AvgIpc) is 3.30. The number of hydrogen-bond donors (Lipinski definition) is 0. The Balaban J connectivity index is 1.77. The molecule has 0 bridgehead atoms. The van der Waals surface area contributed by atoms with Crippen LogP contribution in [0.3, 0.4) is 0 Å². The molecule has 1 aromatic heterocycles. The van der Waals surface area contributed by atoms with Gasteiger partial charge in [0.15, 0.2) is 11.9 Å². The molecule has 1 aliphatic rings. The molecular formula is C23H18N2O4. The van der Waals surface area contributed by atoms with Crippen molar-refractivity contribution in [3.63, 3.8) is 0 Å². The normalized spacial score (nSPS) is 15.4. The molecule has 0 saturated heterocycles. The number of anilines is 1. The Labute approximate surface area is 167 Å². The number of carbonyl (C=O) groups is 2. The maximum atomic E-state index is 13.0. The predicted molar refractivity (Wildman–Crippen MR) is 106 cm³/mol. The highest BCUT2D eigenvalue weighted by Gasteiger charge is 2.34. The Morgan fingerprint density at radius 2 is 2.00 bits per heavy atom. The molecule has 1 atom stereocenters. The molecule has 0 saturated carbocycles. The lowest BCUT2D eigenvalue weighted by molar-refractivity contribution is -0.126. The van der Waals surface area contributed by atoms with Crippen LogP contribution < -0.4 is 9.64 Å². The summed E-state index contributed by atoms with van der Waals surface area (Å²) in [5.41, 5.74) is 2.13. The van der Waals surface area contributed by atoms with E-state index in [2.05, 4.69) is 6.07 Å². The number of hydrogen-bond acceptors (Lipinski definition) is 5. The lowest BCUT2D eigenvalue weighted by atomic mass is 10.0. The van der Waals surface area contributed by atoms with Gasteiger partial charge in [-0.05, 0) is 48.4 Å². The minimum absolute atomic E-state index is 0.199. The van der Waals surface area contributed by atoms with E-state index in [4.69, 9.17) is 9.15 Å². The van der Waals surface area contributed by atoms with Gasteiger partial charge in [-0.2, -0.15) is 5.26 Å². The van der Waals surface area contributed by atoms with Crippen LogP contribution in [0.4, 0.5) is 5.69 Å². The van der Waals surface area contributed by atoms with Gasteiger partial charge in [-0.25, -0.2) is 0 Å². The summed E-state index contributed by atoms with van der Waals surface area (Å²) in [6, 6.07) is 17.6. The monoisotopic (exact) mass is 386 g/mol. The number of fused-ring (bicyclic) bond motifs is 1. The fraction of sp³-hybridized carbons (Fsp3) is 0.174. The Morgan fingerprint density at radius 1 is 1.17 bits per heavy atom. The molecular weight excluding hydrogens is 368 g/mol. The molecule has 3 aromatic rings. The molecule has 2 heterocycles. The van der Waals surface area contributed by atoms with E-state index in [1.807, 2.05) is 19.1 Å². The van der Waals surface area contributed by atoms with Crippen LogP contribution in [-0.2, 0) is 11.3 Å². The largest absolute Gasteiger partial charge is 0.478 e. The molecule has 6 heteroatoms. The molecule has 2 aromatic carbocycles. The van der Waals surface area contributed by atoms with Gasteiger partial charge in [-0.3, -0.25) is 9.59 Å². The summed E-state index contributed by atoms with van der Waals surface area (Å²) in [5, 5.41) is 9.40. The highest BCUT2D eigenvalue weighted by molar-refractivity contribution is 6.09. The third-order valence-electron chi connectivity index (χ3n) is 4.90. The summed E-state index contributed by atoms with van der Waals surface area (Å²) in [7, 11) is 0. The Kier molecular flexibility index (Phi) is 4.88. The molecule has 144 valence electrons. The van der Waals surface area contributed by atoms with E-state index in [9.17, 15) is 14.9 Å². The van der Waals surface area contributed by atoms with Gasteiger partial charge >= 0.3 is 0 Å². The number of benzene rings is 2. The van der Waals surface area contributed by atoms with Gasteiger partial charge in [0.05, 0.1) is 30.1 Å². The van der Waals surface area contributed by atoms with Gasteiger partial charge in [0.1, 0.15) is 5.75 Å². The van der Waals surface area contributed by atoms with E-state index in [0.717, 1.165) is 5.56 Å². The van der Waals surface area contributed by atoms with Crippen molar-refractivity contribution in [1.82, 2.24) is 0 Å². The first-order chi connectivity index (χ1) is 14.1. The van der Waals surface area contributed by atoms with Crippen molar-refractivity contribution in [3.05, 3.63) is 83.3 Å². The van der Waals surface area contributed by atoms with Crippen molar-refractivity contribution >= 4 is 17.4 Å². The van der Waals surface area contributed by atoms with Gasteiger partial charge in [0, 0.05) is 5.56 Å². The van der Waals surface area contributed by atoms with Gasteiger partial charge in [0.2, 0.25) is 5.78 Å². The highest BCUT2D eigenvalue weighted by Crippen LogP contribution is 2.37. The predicted octanol–water partition coefficient (Wildman–Crippen LogP) is 4.09. The summed E-state index contributed by atoms with van der Waals surface area (Å²) in [5.74, 6) is 0.276. The summed E-state index contributed by atoms with van der Waals surface area (Å²) in [4.78, 5) is 27.3. The smallest absolute Gasteiger partial charge is 0.268 e. The number of carbonyl (C=O) groups excluding carboxylic acids is 2. The van der Waals surface area contributed by atoms with Crippen LogP contribution in [0, 0.1) is 11.3 Å². The van der Waals surface area contributed by atoms with Crippen LogP contribution >= 0.6 is 0 Å². The van der Waals surface area contributed by atoms with Crippen molar-refractivity contribution in [2.45, 2.75) is 26.0 Å². The second kappa shape index (κ2) is 7.64. The lowest BCUT2D eigenvalue weighted by Gasteiger charge is -2.34. The molecule has 0 fully saturated rings. The third kappa shape index (κ3) is 3.39. The fourth-order valence-electron chi connectivity index (χ4n) is 3.37. The first-order valence-electron chi connectivity index (χ1n) is 9.30. The van der Waals surface area contributed by atoms with E-state index in [1.165, 1.54) is 6.26 Å². The standard InChI is InChI=1S/C23H18N2O4/c1-2-19-23(27)25(14-17-7-4-3-6-16(17)13-24)18-12-15(9-10-20(18)29-19)22(26)21-8-5-11-28-21/h3-12,19H,2,14H2,1H3. The number of ketones is 1. The lowest BCUT2D eigenvalue weighted by Crippen LogP contribution is -2.45. The Bertz CT molecular complexity index is 1110. The summed E-state index contributed by atoms with van der Waals surface area (Å²) >= 11 is 0. The summed E-state index contributed by atoms with van der Waals surface area (Å²) < 4.78 is 11.1. The van der Waals surface area contributed by atoms with E-state index in [1.54, 1.807) is 47.4 Å². The Hall–Kier alpha value is -3.85. The molecule has 1 unspecified atom stereocenters. The average molecular weight is 386 g/mol. The first-order valence-corrected chi connectivity index (χ1v) is 9.30. The minimum Gasteiger partial charge on any atom is -0.478 e. The summed E-state index contributed by atoms with van der Waals surface area (Å²) in [6.45, 7) is 2.09.